The van der Waals surface area contributed by atoms with E-state index >= 15 is 0 Å². The van der Waals surface area contributed by atoms with Crippen LogP contribution in [0.15, 0.2) is 53.3 Å². The number of benzene rings is 1. The summed E-state index contributed by atoms with van der Waals surface area (Å²) >= 11 is 0. The Morgan fingerprint density at radius 1 is 1.22 bits per heavy atom. The van der Waals surface area contributed by atoms with Gasteiger partial charge in [-0.25, -0.2) is 4.98 Å². The Hall–Kier alpha value is -2.82. The topological polar surface area (TPSA) is 51.3 Å². The van der Waals surface area contributed by atoms with Crippen molar-refractivity contribution in [2.75, 3.05) is 6.54 Å². The fourth-order valence-corrected chi connectivity index (χ4v) is 3.02. The normalized spacial score (nSPS) is 13.9. The Morgan fingerprint density at radius 3 is 2.91 bits per heavy atom. The number of furan rings is 1. The summed E-state index contributed by atoms with van der Waals surface area (Å²) in [5, 5.41) is 0. The Balaban J connectivity index is 1.59. The number of aromatic nitrogens is 2. The number of carbonyl (C=O) groups excluding carboxylic acids is 1. The van der Waals surface area contributed by atoms with E-state index in [-0.39, 0.29) is 5.91 Å². The van der Waals surface area contributed by atoms with Crippen LogP contribution in [0.5, 0.6) is 0 Å². The number of fused-ring (bicyclic) bond motifs is 1. The molecular weight excluding hydrogens is 290 g/mol. The van der Waals surface area contributed by atoms with Gasteiger partial charge in [0.2, 0.25) is 0 Å². The highest BCUT2D eigenvalue weighted by atomic mass is 16.3. The molecule has 1 aliphatic heterocycles. The fourth-order valence-electron chi connectivity index (χ4n) is 3.02. The van der Waals surface area contributed by atoms with Crippen molar-refractivity contribution in [1.29, 1.82) is 0 Å². The molecule has 0 bridgehead atoms. The van der Waals surface area contributed by atoms with Gasteiger partial charge >= 0.3 is 0 Å². The second-order valence-electron chi connectivity index (χ2n) is 5.78. The second-order valence-corrected chi connectivity index (χ2v) is 5.78. The number of amides is 1. The van der Waals surface area contributed by atoms with E-state index in [4.69, 9.17) is 4.42 Å². The van der Waals surface area contributed by atoms with E-state index in [1.165, 1.54) is 0 Å². The van der Waals surface area contributed by atoms with Crippen molar-refractivity contribution in [3.8, 4) is 11.5 Å². The third kappa shape index (κ3) is 2.44. The Bertz CT molecular complexity index is 849. The van der Waals surface area contributed by atoms with Gasteiger partial charge in [-0.2, -0.15) is 0 Å². The molecule has 1 aliphatic rings. The molecule has 0 saturated carbocycles. The lowest BCUT2D eigenvalue weighted by Crippen LogP contribution is -2.38. The molecule has 0 saturated heterocycles. The molecule has 0 atom stereocenters. The van der Waals surface area contributed by atoms with E-state index in [0.717, 1.165) is 35.0 Å². The van der Waals surface area contributed by atoms with Crippen molar-refractivity contribution in [3.63, 3.8) is 0 Å². The predicted octanol–water partition coefficient (Wildman–Crippen LogP) is 3.11. The number of carbonyl (C=O) groups is 1. The highest BCUT2D eigenvalue weighted by Gasteiger charge is 2.25. The van der Waals surface area contributed by atoms with Crippen LogP contribution in [-0.2, 0) is 13.1 Å². The molecule has 2 aromatic heterocycles. The maximum absolute atomic E-state index is 12.7. The van der Waals surface area contributed by atoms with Gasteiger partial charge in [-0.15, -0.1) is 0 Å². The molecular formula is C18H17N3O2. The monoisotopic (exact) mass is 307 g/mol. The van der Waals surface area contributed by atoms with Gasteiger partial charge in [-0.05, 0) is 31.2 Å². The maximum Gasteiger partial charge on any atom is 0.254 e. The van der Waals surface area contributed by atoms with Crippen LogP contribution in [0, 0.1) is 6.92 Å². The van der Waals surface area contributed by atoms with E-state index in [9.17, 15) is 4.79 Å². The van der Waals surface area contributed by atoms with Crippen LogP contribution in [0.2, 0.25) is 0 Å². The third-order valence-corrected chi connectivity index (χ3v) is 4.19. The average Bonchev–Trinajstić information content (AvgIpc) is 3.22. The van der Waals surface area contributed by atoms with Gasteiger partial charge in [0.1, 0.15) is 11.5 Å². The van der Waals surface area contributed by atoms with Crippen LogP contribution >= 0.6 is 0 Å². The lowest BCUT2D eigenvalue weighted by atomic mass is 10.1. The van der Waals surface area contributed by atoms with Crippen LogP contribution in [-0.4, -0.2) is 26.9 Å². The highest BCUT2D eigenvalue weighted by Crippen LogP contribution is 2.25. The molecule has 5 nitrogen and oxygen atoms in total. The van der Waals surface area contributed by atoms with Crippen LogP contribution in [0.4, 0.5) is 0 Å². The van der Waals surface area contributed by atoms with Gasteiger partial charge in [0.25, 0.3) is 5.91 Å². The van der Waals surface area contributed by atoms with Crippen LogP contribution in [0.1, 0.15) is 21.7 Å². The van der Waals surface area contributed by atoms with Crippen LogP contribution in [0.25, 0.3) is 11.5 Å². The Labute approximate surface area is 134 Å². The number of rotatable bonds is 2. The number of hydrogen-bond acceptors (Lipinski definition) is 3. The third-order valence-electron chi connectivity index (χ3n) is 4.19. The predicted molar refractivity (Wildman–Crippen MR) is 85.8 cm³/mol. The molecule has 0 N–H and O–H groups in total. The van der Waals surface area contributed by atoms with Crippen molar-refractivity contribution in [3.05, 3.63) is 65.8 Å². The summed E-state index contributed by atoms with van der Waals surface area (Å²) in [6.07, 6.45) is 3.47. The molecule has 4 rings (SSSR count). The minimum Gasteiger partial charge on any atom is -0.463 e. The molecule has 0 aliphatic carbocycles. The minimum atomic E-state index is 0.0579. The smallest absolute Gasteiger partial charge is 0.254 e. The lowest BCUT2D eigenvalue weighted by Gasteiger charge is -2.28. The summed E-state index contributed by atoms with van der Waals surface area (Å²) in [5.74, 6) is 1.76. The number of nitrogens with zero attached hydrogens (tertiary/aromatic N) is 3. The lowest BCUT2D eigenvalue weighted by molar-refractivity contribution is 0.0708. The van der Waals surface area contributed by atoms with Gasteiger partial charge in [-0.1, -0.05) is 17.7 Å². The van der Waals surface area contributed by atoms with Gasteiger partial charge in [0, 0.05) is 18.7 Å². The first-order chi connectivity index (χ1) is 11.2. The first-order valence-corrected chi connectivity index (χ1v) is 7.66. The molecule has 0 spiro atoms. The van der Waals surface area contributed by atoms with E-state index < -0.39 is 0 Å². The maximum atomic E-state index is 12.7. The summed E-state index contributed by atoms with van der Waals surface area (Å²) in [6, 6.07) is 11.5. The summed E-state index contributed by atoms with van der Waals surface area (Å²) in [7, 11) is 0. The Kier molecular flexibility index (Phi) is 3.26. The van der Waals surface area contributed by atoms with Gasteiger partial charge in [0.15, 0.2) is 5.76 Å². The van der Waals surface area contributed by atoms with Gasteiger partial charge in [0.05, 0.1) is 19.0 Å². The molecule has 3 aromatic rings. The van der Waals surface area contributed by atoms with E-state index in [2.05, 4.69) is 9.55 Å². The quantitative estimate of drug-likeness (QED) is 0.731. The van der Waals surface area contributed by atoms with Crippen LogP contribution in [0.3, 0.4) is 0 Å². The first-order valence-electron chi connectivity index (χ1n) is 7.66. The molecule has 3 heterocycles. The van der Waals surface area contributed by atoms with Crippen molar-refractivity contribution in [2.24, 2.45) is 0 Å². The summed E-state index contributed by atoms with van der Waals surface area (Å²) < 4.78 is 7.58. The number of aryl methyl sites for hydroxylation is 1. The van der Waals surface area contributed by atoms with Crippen molar-refractivity contribution in [2.45, 2.75) is 20.0 Å². The molecule has 1 aromatic carbocycles. The van der Waals surface area contributed by atoms with Gasteiger partial charge in [-0.3, -0.25) is 4.79 Å². The summed E-state index contributed by atoms with van der Waals surface area (Å²) in [6.45, 7) is 3.91. The first kappa shape index (κ1) is 13.8. The summed E-state index contributed by atoms with van der Waals surface area (Å²) in [4.78, 5) is 19.0. The van der Waals surface area contributed by atoms with E-state index in [1.807, 2.05) is 54.4 Å². The molecule has 1 amide bonds. The van der Waals surface area contributed by atoms with E-state index in [1.54, 1.807) is 6.26 Å². The second kappa shape index (κ2) is 5.43. The standard InChI is InChI=1S/C18H17N3O2/c1-13-4-2-5-14(10-13)18(22)20-7-8-21-15(11-19-17(21)12-20)16-6-3-9-23-16/h2-6,9-11H,7-8,12H2,1H3. The summed E-state index contributed by atoms with van der Waals surface area (Å²) in [5.41, 5.74) is 2.79. The zero-order valence-electron chi connectivity index (χ0n) is 12.9. The molecule has 116 valence electrons. The Morgan fingerprint density at radius 2 is 2.13 bits per heavy atom. The molecule has 5 heteroatoms. The largest absolute Gasteiger partial charge is 0.463 e. The molecule has 0 radical (unpaired) electrons. The van der Waals surface area contributed by atoms with Crippen molar-refractivity contribution in [1.82, 2.24) is 14.5 Å². The van der Waals surface area contributed by atoms with Crippen molar-refractivity contribution >= 4 is 5.91 Å². The number of hydrogen-bond donors (Lipinski definition) is 0. The van der Waals surface area contributed by atoms with Crippen molar-refractivity contribution < 1.29 is 9.21 Å². The highest BCUT2D eigenvalue weighted by molar-refractivity contribution is 5.94. The molecule has 0 unspecified atom stereocenters. The SMILES string of the molecule is Cc1cccc(C(=O)N2CCn3c(-c4ccco4)cnc3C2)c1. The zero-order chi connectivity index (χ0) is 15.8. The average molecular weight is 307 g/mol. The van der Waals surface area contributed by atoms with E-state index in [0.29, 0.717) is 13.1 Å². The zero-order valence-corrected chi connectivity index (χ0v) is 12.9. The molecule has 0 fully saturated rings. The minimum absolute atomic E-state index is 0.0579. The van der Waals surface area contributed by atoms with Gasteiger partial charge < -0.3 is 13.9 Å². The van der Waals surface area contributed by atoms with Crippen LogP contribution < -0.4 is 0 Å². The number of imidazole rings is 1. The fraction of sp³-hybridized carbons (Fsp3) is 0.222. The molecule has 23 heavy (non-hydrogen) atoms.